The molecule has 0 saturated carbocycles. The molecule has 2 aromatic rings. The van der Waals surface area contributed by atoms with Crippen LogP contribution in [0.25, 0.3) is 0 Å². The van der Waals surface area contributed by atoms with Gasteiger partial charge in [-0.15, -0.1) is 0 Å². The van der Waals surface area contributed by atoms with Gasteiger partial charge in [0.1, 0.15) is 0 Å². The van der Waals surface area contributed by atoms with E-state index in [4.69, 9.17) is 0 Å². The Bertz CT molecular complexity index is 566. The number of benzene rings is 1. The molecule has 0 radical (unpaired) electrons. The van der Waals surface area contributed by atoms with Crippen LogP contribution < -0.4 is 0 Å². The lowest BCUT2D eigenvalue weighted by Crippen LogP contribution is -2.07. The lowest BCUT2D eigenvalue weighted by Gasteiger charge is -2.12. The van der Waals surface area contributed by atoms with Crippen molar-refractivity contribution < 1.29 is 5.11 Å². The number of aliphatic hydroxyl groups excluding tert-OH is 1. The van der Waals surface area contributed by atoms with E-state index in [1.165, 1.54) is 3.57 Å². The van der Waals surface area contributed by atoms with Crippen LogP contribution in [0.4, 0.5) is 0 Å². The fourth-order valence-electron chi connectivity index (χ4n) is 2.03. The van der Waals surface area contributed by atoms with E-state index in [0.29, 0.717) is 6.42 Å². The lowest BCUT2D eigenvalue weighted by molar-refractivity contribution is 0.175. The summed E-state index contributed by atoms with van der Waals surface area (Å²) in [6.45, 7) is 2.08. The van der Waals surface area contributed by atoms with Crippen LogP contribution in [0.1, 0.15) is 30.0 Å². The fraction of sp³-hybridized carbons (Fsp3) is 0.357. The standard InChI is InChI=1S/C14H16BrIN2O/c1-3-11-14(15)12(18(2)17-11)8-13(19)9-4-6-10(16)7-5-9/h4-7,13,19H,3,8H2,1-2H3. The Morgan fingerprint density at radius 2 is 2.00 bits per heavy atom. The van der Waals surface area contributed by atoms with E-state index >= 15 is 0 Å². The van der Waals surface area contributed by atoms with E-state index in [-0.39, 0.29) is 0 Å². The van der Waals surface area contributed by atoms with E-state index in [2.05, 4.69) is 50.5 Å². The molecule has 1 heterocycles. The third-order valence-corrected chi connectivity index (χ3v) is 4.78. The molecule has 0 amide bonds. The van der Waals surface area contributed by atoms with Gasteiger partial charge in [-0.3, -0.25) is 4.68 Å². The van der Waals surface area contributed by atoms with Gasteiger partial charge >= 0.3 is 0 Å². The molecule has 0 bridgehead atoms. The third-order valence-electron chi connectivity index (χ3n) is 3.14. The molecule has 0 aliphatic heterocycles. The molecule has 19 heavy (non-hydrogen) atoms. The molecule has 0 aliphatic rings. The predicted octanol–water partition coefficient (Wildman–Crippen LogP) is 3.63. The summed E-state index contributed by atoms with van der Waals surface area (Å²) < 4.78 is 4.03. The van der Waals surface area contributed by atoms with Crippen molar-refractivity contribution in [1.29, 1.82) is 0 Å². The smallest absolute Gasteiger partial charge is 0.0845 e. The topological polar surface area (TPSA) is 38.0 Å². The van der Waals surface area contributed by atoms with Gasteiger partial charge in [0.15, 0.2) is 0 Å². The highest BCUT2D eigenvalue weighted by atomic mass is 127. The Morgan fingerprint density at radius 1 is 1.37 bits per heavy atom. The number of hydrogen-bond donors (Lipinski definition) is 1. The number of aryl methyl sites for hydroxylation is 2. The molecule has 3 nitrogen and oxygen atoms in total. The number of nitrogens with zero attached hydrogens (tertiary/aromatic N) is 2. The molecular formula is C14H16BrIN2O. The van der Waals surface area contributed by atoms with Gasteiger partial charge in [0.05, 0.1) is 22.0 Å². The van der Waals surface area contributed by atoms with Crippen LogP contribution in [0.5, 0.6) is 0 Å². The van der Waals surface area contributed by atoms with Gasteiger partial charge in [-0.05, 0) is 62.6 Å². The number of hydrogen-bond acceptors (Lipinski definition) is 2. The van der Waals surface area contributed by atoms with Crippen molar-refractivity contribution >= 4 is 38.5 Å². The van der Waals surface area contributed by atoms with E-state index in [9.17, 15) is 5.11 Å². The van der Waals surface area contributed by atoms with Gasteiger partial charge in [0.25, 0.3) is 0 Å². The Labute approximate surface area is 135 Å². The van der Waals surface area contributed by atoms with Crippen LogP contribution in [0, 0.1) is 3.57 Å². The Morgan fingerprint density at radius 3 is 2.53 bits per heavy atom. The Hall–Kier alpha value is -0.400. The van der Waals surface area contributed by atoms with Gasteiger partial charge in [-0.1, -0.05) is 19.1 Å². The molecule has 1 atom stereocenters. The Kier molecular flexibility index (Phi) is 5.03. The summed E-state index contributed by atoms with van der Waals surface area (Å²) in [5.74, 6) is 0. The van der Waals surface area contributed by atoms with Crippen molar-refractivity contribution in [3.63, 3.8) is 0 Å². The van der Waals surface area contributed by atoms with Crippen molar-refractivity contribution in [3.8, 4) is 0 Å². The van der Waals surface area contributed by atoms with Crippen molar-refractivity contribution in [2.24, 2.45) is 7.05 Å². The minimum Gasteiger partial charge on any atom is -0.388 e. The molecule has 0 spiro atoms. The molecule has 5 heteroatoms. The van der Waals surface area contributed by atoms with E-state index < -0.39 is 6.10 Å². The molecular weight excluding hydrogens is 419 g/mol. The zero-order chi connectivity index (χ0) is 14.0. The van der Waals surface area contributed by atoms with E-state index in [1.807, 2.05) is 36.0 Å². The maximum absolute atomic E-state index is 10.3. The van der Waals surface area contributed by atoms with E-state index in [1.54, 1.807) is 0 Å². The van der Waals surface area contributed by atoms with Crippen molar-refractivity contribution in [3.05, 3.63) is 49.3 Å². The SMILES string of the molecule is CCc1nn(C)c(CC(O)c2ccc(I)cc2)c1Br. The zero-order valence-electron chi connectivity index (χ0n) is 10.9. The van der Waals surface area contributed by atoms with Crippen molar-refractivity contribution in [1.82, 2.24) is 9.78 Å². The van der Waals surface area contributed by atoms with Gasteiger partial charge < -0.3 is 5.11 Å². The number of rotatable bonds is 4. The summed E-state index contributed by atoms with van der Waals surface area (Å²) in [6, 6.07) is 7.96. The lowest BCUT2D eigenvalue weighted by atomic mass is 10.0. The number of aromatic nitrogens is 2. The quantitative estimate of drug-likeness (QED) is 0.746. The minimum atomic E-state index is -0.506. The highest BCUT2D eigenvalue weighted by Gasteiger charge is 2.17. The second-order valence-corrected chi connectivity index (χ2v) is 6.49. The summed E-state index contributed by atoms with van der Waals surface area (Å²) in [5, 5.41) is 14.8. The molecule has 102 valence electrons. The molecule has 0 aliphatic carbocycles. The Balaban J connectivity index is 2.21. The third kappa shape index (κ3) is 3.38. The molecule has 1 aromatic carbocycles. The minimum absolute atomic E-state index is 0.506. The predicted molar refractivity (Wildman–Crippen MR) is 88.1 cm³/mol. The monoisotopic (exact) mass is 434 g/mol. The highest BCUT2D eigenvalue weighted by molar-refractivity contribution is 14.1. The van der Waals surface area contributed by atoms with Crippen LogP contribution in [0.3, 0.4) is 0 Å². The van der Waals surface area contributed by atoms with Gasteiger partial charge in [-0.25, -0.2) is 0 Å². The normalized spacial score (nSPS) is 12.7. The molecule has 1 unspecified atom stereocenters. The van der Waals surface area contributed by atoms with Crippen molar-refractivity contribution in [2.75, 3.05) is 0 Å². The second kappa shape index (κ2) is 6.37. The first-order valence-electron chi connectivity index (χ1n) is 6.16. The maximum atomic E-state index is 10.3. The summed E-state index contributed by atoms with van der Waals surface area (Å²) in [7, 11) is 1.92. The maximum Gasteiger partial charge on any atom is 0.0845 e. The molecule has 1 aromatic heterocycles. The average Bonchev–Trinajstić information content (AvgIpc) is 2.67. The molecule has 2 rings (SSSR count). The summed E-state index contributed by atoms with van der Waals surface area (Å²) in [5.41, 5.74) is 3.00. The average molecular weight is 435 g/mol. The van der Waals surface area contributed by atoms with Crippen molar-refractivity contribution in [2.45, 2.75) is 25.9 Å². The van der Waals surface area contributed by atoms with E-state index in [0.717, 1.165) is 27.8 Å². The fourth-order valence-corrected chi connectivity index (χ4v) is 3.17. The first-order valence-corrected chi connectivity index (χ1v) is 8.03. The molecule has 0 saturated heterocycles. The molecule has 0 fully saturated rings. The summed E-state index contributed by atoms with van der Waals surface area (Å²) >= 11 is 5.84. The van der Waals surface area contributed by atoms with Gasteiger partial charge in [0.2, 0.25) is 0 Å². The van der Waals surface area contributed by atoms with Crippen LogP contribution in [0.15, 0.2) is 28.7 Å². The first kappa shape index (κ1) is 15.0. The van der Waals surface area contributed by atoms with Crippen LogP contribution >= 0.6 is 38.5 Å². The highest BCUT2D eigenvalue weighted by Crippen LogP contribution is 2.27. The second-order valence-electron chi connectivity index (χ2n) is 4.46. The van der Waals surface area contributed by atoms with Gasteiger partial charge in [0, 0.05) is 17.0 Å². The summed E-state index contributed by atoms with van der Waals surface area (Å²) in [6.07, 6.45) is 0.937. The first-order chi connectivity index (χ1) is 9.02. The van der Waals surface area contributed by atoms with Gasteiger partial charge in [-0.2, -0.15) is 5.10 Å². The number of halogens is 2. The number of aliphatic hydroxyl groups is 1. The van der Waals surface area contributed by atoms with Crippen LogP contribution in [-0.4, -0.2) is 14.9 Å². The zero-order valence-corrected chi connectivity index (χ0v) is 14.6. The molecule has 1 N–H and O–H groups in total. The summed E-state index contributed by atoms with van der Waals surface area (Å²) in [4.78, 5) is 0. The largest absolute Gasteiger partial charge is 0.388 e. The van der Waals surface area contributed by atoms with Crippen LogP contribution in [0.2, 0.25) is 0 Å². The van der Waals surface area contributed by atoms with Crippen LogP contribution in [-0.2, 0) is 19.9 Å².